The number of amides is 1. The first-order valence-electron chi connectivity index (χ1n) is 9.99. The van der Waals surface area contributed by atoms with Gasteiger partial charge in [-0.05, 0) is 37.3 Å². The Morgan fingerprint density at radius 1 is 1.17 bits per heavy atom. The normalized spacial score (nSPS) is 21.8. The van der Waals surface area contributed by atoms with Crippen LogP contribution in [-0.2, 0) is 11.2 Å². The van der Waals surface area contributed by atoms with E-state index < -0.39 is 0 Å². The molecule has 5 heterocycles. The number of carbonyl (C=O) groups is 1. The summed E-state index contributed by atoms with van der Waals surface area (Å²) in [6, 6.07) is 4.32. The lowest BCUT2D eigenvalue weighted by Gasteiger charge is -2.37. The highest BCUT2D eigenvalue weighted by atomic mass is 35.5. The Labute approximate surface area is 173 Å². The van der Waals surface area contributed by atoms with Crippen LogP contribution >= 0.6 is 11.6 Å². The maximum atomic E-state index is 12.9. The summed E-state index contributed by atoms with van der Waals surface area (Å²) in [5, 5.41) is 4.72. The summed E-state index contributed by atoms with van der Waals surface area (Å²) < 4.78 is 1.80. The van der Waals surface area contributed by atoms with Crippen molar-refractivity contribution in [1.82, 2.24) is 29.5 Å². The van der Waals surface area contributed by atoms with E-state index >= 15 is 0 Å². The number of nitrogens with zero attached hydrogens (tertiary/aromatic N) is 7. The van der Waals surface area contributed by atoms with Crippen LogP contribution in [-0.4, -0.2) is 61.0 Å². The summed E-state index contributed by atoms with van der Waals surface area (Å²) in [6.45, 7) is 2.26. The molecule has 0 bridgehead atoms. The fourth-order valence-electron chi connectivity index (χ4n) is 4.54. The molecule has 0 saturated carbocycles. The second-order valence-corrected chi connectivity index (χ2v) is 8.16. The third-order valence-electron chi connectivity index (χ3n) is 5.94. The molecule has 2 saturated heterocycles. The van der Waals surface area contributed by atoms with E-state index in [0.717, 1.165) is 51.0 Å². The minimum absolute atomic E-state index is 0.101. The fraction of sp³-hybridized carbons (Fsp3) is 0.450. The highest BCUT2D eigenvalue weighted by Crippen LogP contribution is 2.32. The maximum Gasteiger partial charge on any atom is 0.226 e. The molecule has 2 aliphatic rings. The zero-order valence-corrected chi connectivity index (χ0v) is 16.7. The number of pyridine rings is 1. The summed E-state index contributed by atoms with van der Waals surface area (Å²) >= 11 is 5.89. The molecule has 3 aromatic rings. The summed E-state index contributed by atoms with van der Waals surface area (Å²) in [6.07, 6.45) is 10.4. The lowest BCUT2D eigenvalue weighted by atomic mass is 9.96. The fourth-order valence-corrected chi connectivity index (χ4v) is 4.64. The maximum absolute atomic E-state index is 12.9. The highest BCUT2D eigenvalue weighted by molar-refractivity contribution is 6.30. The van der Waals surface area contributed by atoms with Gasteiger partial charge in [0.25, 0.3) is 0 Å². The molecular formula is C20H22ClN7O. The van der Waals surface area contributed by atoms with Gasteiger partial charge in [0.1, 0.15) is 6.33 Å². The van der Waals surface area contributed by atoms with Crippen molar-refractivity contribution in [3.05, 3.63) is 47.6 Å². The number of halogens is 1. The smallest absolute Gasteiger partial charge is 0.226 e. The quantitative estimate of drug-likeness (QED) is 0.640. The van der Waals surface area contributed by atoms with Gasteiger partial charge in [0, 0.05) is 31.7 Å². The van der Waals surface area contributed by atoms with E-state index in [1.807, 2.05) is 12.3 Å². The number of fused-ring (bicyclic) bond motifs is 2. The highest BCUT2D eigenvalue weighted by Gasteiger charge is 2.42. The Bertz CT molecular complexity index is 1020. The third kappa shape index (κ3) is 3.53. The average molecular weight is 412 g/mol. The van der Waals surface area contributed by atoms with Crippen molar-refractivity contribution in [2.75, 3.05) is 24.5 Å². The van der Waals surface area contributed by atoms with E-state index in [9.17, 15) is 4.79 Å². The van der Waals surface area contributed by atoms with E-state index in [1.54, 1.807) is 23.2 Å². The van der Waals surface area contributed by atoms with E-state index in [0.29, 0.717) is 16.9 Å². The largest absolute Gasteiger partial charge is 0.337 e. The van der Waals surface area contributed by atoms with Gasteiger partial charge in [0.05, 0.1) is 23.5 Å². The van der Waals surface area contributed by atoms with Gasteiger partial charge < -0.3 is 9.80 Å². The number of rotatable bonds is 5. The van der Waals surface area contributed by atoms with Crippen molar-refractivity contribution in [2.24, 2.45) is 5.92 Å². The molecule has 9 heteroatoms. The van der Waals surface area contributed by atoms with Gasteiger partial charge in [-0.3, -0.25) is 4.79 Å². The Hall–Kier alpha value is -2.74. The van der Waals surface area contributed by atoms with Crippen LogP contribution < -0.4 is 4.90 Å². The molecule has 2 fully saturated rings. The van der Waals surface area contributed by atoms with E-state index in [1.165, 1.54) is 5.56 Å². The van der Waals surface area contributed by atoms with Crippen LogP contribution in [0.2, 0.25) is 5.02 Å². The van der Waals surface area contributed by atoms with Crippen molar-refractivity contribution in [2.45, 2.75) is 31.7 Å². The predicted molar refractivity (Wildman–Crippen MR) is 109 cm³/mol. The second kappa shape index (κ2) is 7.59. The Morgan fingerprint density at radius 3 is 2.90 bits per heavy atom. The minimum Gasteiger partial charge on any atom is -0.337 e. The predicted octanol–water partition coefficient (Wildman–Crippen LogP) is 2.23. The molecule has 150 valence electrons. The van der Waals surface area contributed by atoms with Crippen LogP contribution in [0, 0.1) is 5.92 Å². The zero-order valence-electron chi connectivity index (χ0n) is 16.0. The topological polar surface area (TPSA) is 79.5 Å². The van der Waals surface area contributed by atoms with Crippen LogP contribution in [0.25, 0.3) is 5.65 Å². The molecule has 0 radical (unpaired) electrons. The standard InChI is InChI=1S/C20H22ClN7O/c21-16-10-22-20(23-11-16)26-7-8-27-17(12-26)9-15(19(27)29)4-1-3-14-5-2-6-28-18(14)24-13-25-28/h2,5-6,10-11,13,15,17H,1,3-4,7-9,12H2/t15-,17-/m0/s1. The SMILES string of the molecule is O=C1[C@@H](CCCc2cccn3ncnc23)C[C@H]2CN(c3ncc(Cl)cn3)CCN12. The Kier molecular flexibility index (Phi) is 4.79. The molecule has 29 heavy (non-hydrogen) atoms. The van der Waals surface area contributed by atoms with Crippen molar-refractivity contribution in [3.8, 4) is 0 Å². The molecule has 0 unspecified atom stereocenters. The molecule has 8 nitrogen and oxygen atoms in total. The summed E-state index contributed by atoms with van der Waals surface area (Å²) in [5.74, 6) is 1.09. The van der Waals surface area contributed by atoms with E-state index in [-0.39, 0.29) is 12.0 Å². The third-order valence-corrected chi connectivity index (χ3v) is 6.14. The summed E-state index contributed by atoms with van der Waals surface area (Å²) in [5.41, 5.74) is 2.08. The molecule has 0 spiro atoms. The number of hydrogen-bond acceptors (Lipinski definition) is 6. The van der Waals surface area contributed by atoms with Crippen LogP contribution in [0.3, 0.4) is 0 Å². The van der Waals surface area contributed by atoms with Crippen LogP contribution in [0.5, 0.6) is 0 Å². The molecule has 1 amide bonds. The van der Waals surface area contributed by atoms with Crippen LogP contribution in [0.1, 0.15) is 24.8 Å². The number of piperazine rings is 1. The first-order chi connectivity index (χ1) is 14.2. The van der Waals surface area contributed by atoms with Gasteiger partial charge in [-0.2, -0.15) is 5.10 Å². The molecular weight excluding hydrogens is 390 g/mol. The Balaban J connectivity index is 1.19. The Morgan fingerprint density at radius 2 is 2.03 bits per heavy atom. The summed E-state index contributed by atoms with van der Waals surface area (Å²) in [4.78, 5) is 30.1. The van der Waals surface area contributed by atoms with Gasteiger partial charge >= 0.3 is 0 Å². The molecule has 2 aliphatic heterocycles. The number of anilines is 1. The zero-order chi connectivity index (χ0) is 19.8. The van der Waals surface area contributed by atoms with Gasteiger partial charge in [-0.15, -0.1) is 0 Å². The number of carbonyl (C=O) groups excluding carboxylic acids is 1. The molecule has 0 aromatic carbocycles. The molecule has 2 atom stereocenters. The lowest BCUT2D eigenvalue weighted by molar-refractivity contribution is -0.132. The first kappa shape index (κ1) is 18.3. The molecule has 0 N–H and O–H groups in total. The van der Waals surface area contributed by atoms with Crippen molar-refractivity contribution in [3.63, 3.8) is 0 Å². The molecule has 3 aromatic heterocycles. The van der Waals surface area contributed by atoms with Gasteiger partial charge in [-0.1, -0.05) is 17.7 Å². The number of hydrogen-bond donors (Lipinski definition) is 0. The van der Waals surface area contributed by atoms with Crippen LogP contribution in [0.15, 0.2) is 37.1 Å². The average Bonchev–Trinajstić information content (AvgIpc) is 3.34. The van der Waals surface area contributed by atoms with Crippen molar-refractivity contribution in [1.29, 1.82) is 0 Å². The first-order valence-corrected chi connectivity index (χ1v) is 10.4. The lowest BCUT2D eigenvalue weighted by Crippen LogP contribution is -2.52. The number of aryl methyl sites for hydroxylation is 1. The van der Waals surface area contributed by atoms with E-state index in [4.69, 9.17) is 11.6 Å². The summed E-state index contributed by atoms with van der Waals surface area (Å²) in [7, 11) is 0. The van der Waals surface area contributed by atoms with Gasteiger partial charge in [0.2, 0.25) is 11.9 Å². The minimum atomic E-state index is 0.101. The van der Waals surface area contributed by atoms with Crippen LogP contribution in [0.4, 0.5) is 5.95 Å². The number of aromatic nitrogens is 5. The van der Waals surface area contributed by atoms with E-state index in [2.05, 4.69) is 35.9 Å². The van der Waals surface area contributed by atoms with Crippen molar-refractivity contribution >= 4 is 29.1 Å². The van der Waals surface area contributed by atoms with Crippen molar-refractivity contribution < 1.29 is 4.79 Å². The molecule has 5 rings (SSSR count). The van der Waals surface area contributed by atoms with Gasteiger partial charge in [-0.25, -0.2) is 19.5 Å². The van der Waals surface area contributed by atoms with Gasteiger partial charge in [0.15, 0.2) is 5.65 Å². The molecule has 0 aliphatic carbocycles. The second-order valence-electron chi connectivity index (χ2n) is 7.72. The monoisotopic (exact) mass is 411 g/mol.